The third-order valence-corrected chi connectivity index (χ3v) is 4.85. The van der Waals surface area contributed by atoms with E-state index in [-0.39, 0.29) is 18.6 Å². The lowest BCUT2D eigenvalue weighted by Gasteiger charge is -2.36. The predicted octanol–water partition coefficient (Wildman–Crippen LogP) is 2.39. The number of benzene rings is 1. The summed E-state index contributed by atoms with van der Waals surface area (Å²) in [7, 11) is 0. The largest absolute Gasteiger partial charge is 0.506 e. The monoisotopic (exact) mass is 318 g/mol. The number of hydrogen-bond acceptors (Lipinski definition) is 4. The van der Waals surface area contributed by atoms with Gasteiger partial charge in [0.15, 0.2) is 0 Å². The topological polar surface area (TPSA) is 53.0 Å². The van der Waals surface area contributed by atoms with E-state index in [0.717, 1.165) is 31.6 Å². The molecule has 1 saturated heterocycles. The molecule has 1 aromatic carbocycles. The van der Waals surface area contributed by atoms with Crippen LogP contribution in [0.1, 0.15) is 32.1 Å². The van der Waals surface area contributed by atoms with Gasteiger partial charge in [0.05, 0.1) is 11.8 Å². The van der Waals surface area contributed by atoms with Gasteiger partial charge in [-0.25, -0.2) is 0 Å². The van der Waals surface area contributed by atoms with Gasteiger partial charge >= 0.3 is 0 Å². The van der Waals surface area contributed by atoms with E-state index in [4.69, 9.17) is 4.74 Å². The van der Waals surface area contributed by atoms with E-state index in [1.54, 1.807) is 6.07 Å². The van der Waals surface area contributed by atoms with Gasteiger partial charge in [0.25, 0.3) is 0 Å². The van der Waals surface area contributed by atoms with Crippen LogP contribution in [0.15, 0.2) is 24.3 Å². The predicted molar refractivity (Wildman–Crippen MR) is 89.7 cm³/mol. The third-order valence-electron chi connectivity index (χ3n) is 4.85. The van der Waals surface area contributed by atoms with Gasteiger partial charge in [0.2, 0.25) is 5.91 Å². The van der Waals surface area contributed by atoms with Crippen LogP contribution < -0.4 is 4.90 Å². The first-order valence-electron chi connectivity index (χ1n) is 8.66. The van der Waals surface area contributed by atoms with Gasteiger partial charge in [-0.1, -0.05) is 31.4 Å². The molecule has 0 radical (unpaired) electrons. The summed E-state index contributed by atoms with van der Waals surface area (Å²) in [5.41, 5.74) is 0.845. The molecule has 0 spiro atoms. The number of piperazine rings is 1. The number of phenolic OH excluding ortho intramolecular Hbond substituents is 1. The van der Waals surface area contributed by atoms with E-state index < -0.39 is 0 Å². The van der Waals surface area contributed by atoms with Crippen LogP contribution in [-0.4, -0.2) is 54.8 Å². The van der Waals surface area contributed by atoms with Crippen LogP contribution in [0.4, 0.5) is 5.69 Å². The highest BCUT2D eigenvalue weighted by atomic mass is 16.5. The Morgan fingerprint density at radius 2 is 1.78 bits per heavy atom. The zero-order valence-electron chi connectivity index (χ0n) is 13.6. The molecule has 23 heavy (non-hydrogen) atoms. The molecule has 0 bridgehead atoms. The number of hydrogen-bond donors (Lipinski definition) is 1. The Bertz CT molecular complexity index is 521. The average Bonchev–Trinajstić information content (AvgIpc) is 2.61. The van der Waals surface area contributed by atoms with Gasteiger partial charge < -0.3 is 19.6 Å². The Morgan fingerprint density at radius 1 is 1.09 bits per heavy atom. The van der Waals surface area contributed by atoms with Crippen molar-refractivity contribution in [3.8, 4) is 5.75 Å². The van der Waals surface area contributed by atoms with Gasteiger partial charge in [0.1, 0.15) is 12.4 Å². The van der Waals surface area contributed by atoms with Gasteiger partial charge in [-0.3, -0.25) is 4.79 Å². The fourth-order valence-electron chi connectivity index (χ4n) is 3.44. The fourth-order valence-corrected chi connectivity index (χ4v) is 3.44. The molecule has 1 heterocycles. The van der Waals surface area contributed by atoms with Crippen molar-refractivity contribution < 1.29 is 14.6 Å². The molecular formula is C18H26N2O3. The van der Waals surface area contributed by atoms with Crippen LogP contribution in [0, 0.1) is 0 Å². The van der Waals surface area contributed by atoms with Crippen molar-refractivity contribution in [1.29, 1.82) is 0 Å². The minimum atomic E-state index is 0.0903. The maximum Gasteiger partial charge on any atom is 0.248 e. The van der Waals surface area contributed by atoms with Crippen molar-refractivity contribution in [2.75, 3.05) is 37.7 Å². The van der Waals surface area contributed by atoms with Crippen molar-refractivity contribution in [2.45, 2.75) is 38.2 Å². The highest BCUT2D eigenvalue weighted by molar-refractivity contribution is 5.77. The number of anilines is 1. The Hall–Kier alpha value is -1.75. The minimum absolute atomic E-state index is 0.0903. The van der Waals surface area contributed by atoms with Gasteiger partial charge in [0, 0.05) is 26.2 Å². The lowest BCUT2D eigenvalue weighted by atomic mass is 9.98. The minimum Gasteiger partial charge on any atom is -0.506 e. The second-order valence-electron chi connectivity index (χ2n) is 6.43. The maximum absolute atomic E-state index is 12.3. The molecule has 1 aromatic rings. The summed E-state index contributed by atoms with van der Waals surface area (Å²) in [6.45, 7) is 3.06. The number of para-hydroxylation sites is 2. The Morgan fingerprint density at radius 3 is 2.48 bits per heavy atom. The molecule has 5 heteroatoms. The molecule has 1 amide bonds. The molecule has 3 rings (SSSR count). The molecule has 0 atom stereocenters. The summed E-state index contributed by atoms with van der Waals surface area (Å²) in [5.74, 6) is 0.389. The second-order valence-corrected chi connectivity index (χ2v) is 6.43. The van der Waals surface area contributed by atoms with Crippen molar-refractivity contribution >= 4 is 11.6 Å². The quantitative estimate of drug-likeness (QED) is 0.926. The molecule has 1 aliphatic heterocycles. The molecule has 1 saturated carbocycles. The summed E-state index contributed by atoms with van der Waals surface area (Å²) in [6, 6.07) is 7.36. The number of carbonyl (C=O) groups is 1. The Labute approximate surface area is 137 Å². The lowest BCUT2D eigenvalue weighted by molar-refractivity contribution is -0.139. The van der Waals surface area contributed by atoms with E-state index in [1.165, 1.54) is 19.3 Å². The van der Waals surface area contributed by atoms with E-state index >= 15 is 0 Å². The highest BCUT2D eigenvalue weighted by Crippen LogP contribution is 2.27. The van der Waals surface area contributed by atoms with Crippen LogP contribution in [0.5, 0.6) is 5.75 Å². The van der Waals surface area contributed by atoms with Gasteiger partial charge in [-0.2, -0.15) is 0 Å². The number of phenols is 1. The lowest BCUT2D eigenvalue weighted by Crippen LogP contribution is -2.50. The molecule has 2 fully saturated rings. The summed E-state index contributed by atoms with van der Waals surface area (Å²) < 4.78 is 5.78. The van der Waals surface area contributed by atoms with Gasteiger partial charge in [-0.15, -0.1) is 0 Å². The van der Waals surface area contributed by atoms with E-state index in [2.05, 4.69) is 4.90 Å². The molecule has 0 unspecified atom stereocenters. The summed E-state index contributed by atoms with van der Waals surface area (Å²) in [6.07, 6.45) is 6.19. The van der Waals surface area contributed by atoms with Crippen LogP contribution in [0.2, 0.25) is 0 Å². The fraction of sp³-hybridized carbons (Fsp3) is 0.611. The molecule has 2 aliphatic rings. The normalized spacial score (nSPS) is 19.8. The number of rotatable bonds is 4. The van der Waals surface area contributed by atoms with Crippen LogP contribution in [-0.2, 0) is 9.53 Å². The first kappa shape index (κ1) is 16.1. The Balaban J connectivity index is 1.45. The molecule has 126 valence electrons. The average molecular weight is 318 g/mol. The molecular weight excluding hydrogens is 292 g/mol. The van der Waals surface area contributed by atoms with Crippen LogP contribution in [0.25, 0.3) is 0 Å². The van der Waals surface area contributed by atoms with Crippen LogP contribution >= 0.6 is 0 Å². The van der Waals surface area contributed by atoms with Crippen molar-refractivity contribution in [3.63, 3.8) is 0 Å². The third kappa shape index (κ3) is 4.16. The number of aromatic hydroxyl groups is 1. The van der Waals surface area contributed by atoms with Crippen LogP contribution in [0.3, 0.4) is 0 Å². The highest BCUT2D eigenvalue weighted by Gasteiger charge is 2.23. The van der Waals surface area contributed by atoms with Crippen molar-refractivity contribution in [1.82, 2.24) is 4.90 Å². The van der Waals surface area contributed by atoms with Crippen molar-refractivity contribution in [3.05, 3.63) is 24.3 Å². The molecule has 1 N–H and O–H groups in total. The van der Waals surface area contributed by atoms with Gasteiger partial charge in [-0.05, 0) is 25.0 Å². The number of carbonyl (C=O) groups excluding carboxylic acids is 1. The molecule has 1 aliphatic carbocycles. The molecule has 5 nitrogen and oxygen atoms in total. The molecule has 0 aromatic heterocycles. The second kappa shape index (κ2) is 7.68. The smallest absolute Gasteiger partial charge is 0.248 e. The SMILES string of the molecule is O=C(COC1CCCCC1)N1CCN(c2ccccc2O)CC1. The van der Waals surface area contributed by atoms with E-state index in [1.807, 2.05) is 23.1 Å². The van der Waals surface area contributed by atoms with E-state index in [9.17, 15) is 9.90 Å². The summed E-state index contributed by atoms with van der Waals surface area (Å²) in [5, 5.41) is 9.92. The number of ether oxygens (including phenoxy) is 1. The zero-order chi connectivity index (χ0) is 16.1. The Kier molecular flexibility index (Phi) is 5.39. The first-order chi connectivity index (χ1) is 11.2. The number of amides is 1. The van der Waals surface area contributed by atoms with E-state index in [0.29, 0.717) is 18.8 Å². The first-order valence-corrected chi connectivity index (χ1v) is 8.66. The summed E-state index contributed by atoms with van der Waals surface area (Å²) >= 11 is 0. The maximum atomic E-state index is 12.3. The number of nitrogens with zero attached hydrogens (tertiary/aromatic N) is 2. The summed E-state index contributed by atoms with van der Waals surface area (Å²) in [4.78, 5) is 16.3. The standard InChI is InChI=1S/C18H26N2O3/c21-17-9-5-4-8-16(17)19-10-12-20(13-11-19)18(22)14-23-15-6-2-1-3-7-15/h4-5,8-9,15,21H,1-3,6-7,10-14H2. The van der Waals surface area contributed by atoms with Crippen molar-refractivity contribution in [2.24, 2.45) is 0 Å². The zero-order valence-corrected chi connectivity index (χ0v) is 13.6.